The summed E-state index contributed by atoms with van der Waals surface area (Å²) in [7, 11) is 4.24. The first-order chi connectivity index (χ1) is 59.4. The van der Waals surface area contributed by atoms with Crippen LogP contribution in [0.3, 0.4) is 0 Å². The van der Waals surface area contributed by atoms with Gasteiger partial charge in [0.1, 0.15) is 58.7 Å². The number of rotatable bonds is 8. The minimum Gasteiger partial charge on any atom is -0.454 e. The second kappa shape index (κ2) is 30.2. The first-order valence-corrected chi connectivity index (χ1v) is 40.4. The third kappa shape index (κ3) is 12.6. The highest BCUT2D eigenvalue weighted by Crippen LogP contribution is 2.52. The molecule has 0 spiro atoms. The zero-order chi connectivity index (χ0) is 87.0. The van der Waals surface area contributed by atoms with Gasteiger partial charge in [0, 0.05) is 134 Å². The maximum absolute atomic E-state index is 8.39. The molecule has 15 nitrogen and oxygen atoms in total. The van der Waals surface area contributed by atoms with Crippen LogP contribution in [0.1, 0.15) is 99.7 Å². The largest absolute Gasteiger partial charge is 0.454 e. The summed E-state index contributed by atoms with van der Waals surface area (Å²) >= 11 is 0. The summed E-state index contributed by atoms with van der Waals surface area (Å²) in [6.45, 7) is 21.0. The van der Waals surface area contributed by atoms with Crippen LogP contribution in [-0.4, -0.2) is 78.7 Å². The molecule has 5 aromatic heterocycles. The van der Waals surface area contributed by atoms with Gasteiger partial charge in [-0.15, -0.1) is 0 Å². The van der Waals surface area contributed by atoms with Crippen LogP contribution in [0.15, 0.2) is 290 Å². The molecule has 0 N–H and O–H groups in total. The predicted molar refractivity (Wildman–Crippen MR) is 490 cm³/mol. The lowest BCUT2D eigenvalue weighted by molar-refractivity contribution is 0.263. The summed E-state index contributed by atoms with van der Waals surface area (Å²) in [5, 5.41) is 11.2. The van der Waals surface area contributed by atoms with Gasteiger partial charge < -0.3 is 71.1 Å². The maximum Gasteiger partial charge on any atom is 0.159 e. The Kier molecular flexibility index (Phi) is 17.4. The highest BCUT2D eigenvalue weighted by molar-refractivity contribution is 6.15. The van der Waals surface area contributed by atoms with Crippen molar-refractivity contribution in [2.45, 2.75) is 134 Å². The van der Waals surface area contributed by atoms with Crippen molar-refractivity contribution in [3.8, 4) is 0 Å². The van der Waals surface area contributed by atoms with Crippen LogP contribution >= 0.6 is 0 Å². The van der Waals surface area contributed by atoms with Gasteiger partial charge in [-0.2, -0.15) is 0 Å². The Labute approximate surface area is 694 Å². The molecule has 10 heterocycles. The number of hydrogen-bond acceptors (Lipinski definition) is 15. The normalized spacial score (nSPS) is 19.0. The van der Waals surface area contributed by atoms with Crippen molar-refractivity contribution in [2.24, 2.45) is 0 Å². The zero-order valence-electron chi connectivity index (χ0n) is 75.9. The molecule has 6 atom stereocenters. The first-order valence-electron chi connectivity index (χ1n) is 43.9. The molecular formula is C102H102N10O5. The zero-order valence-corrected chi connectivity index (χ0v) is 68.9. The quantitative estimate of drug-likeness (QED) is 0.144. The monoisotopic (exact) mass is 1550 g/mol. The Balaban J connectivity index is 0.000000106. The fraction of sp³-hybridized carbons (Fsp3) is 0.235. The SMILES string of the molecule is Cc1ccc2c(oc3ccccc32)c1N1C=CN(C)[C@H]1C.Cc1ccc2c(oc3ccccc32)c1N1c2ccccc2N(C)[C@H]1C.[2H]C([2H])(C)N1C=CN(c2c(C)ccc3c2oc2ccccc23)[C@@H]1C.[2H]C([2H])(C)N1c2ccccc2N(c2c(C)ccc3c2oc2ccccc23)[C@@H]1C.[2H]C([2H])([2H])C(C)N1C=CN(c2c(C)ccc3c2oc2ccccc23)[C@@H]1C. The topological polar surface area (TPSA) is 98.1 Å². The van der Waals surface area contributed by atoms with Gasteiger partial charge >= 0.3 is 0 Å². The highest BCUT2D eigenvalue weighted by Gasteiger charge is 2.38. The van der Waals surface area contributed by atoms with Crippen LogP contribution in [0.25, 0.3) is 110 Å². The predicted octanol–water partition coefficient (Wildman–Crippen LogP) is 26.6. The lowest BCUT2D eigenvalue weighted by atomic mass is 10.1. The van der Waals surface area contributed by atoms with Crippen LogP contribution in [0, 0.1) is 34.6 Å². The van der Waals surface area contributed by atoms with Gasteiger partial charge in [0.05, 0.1) is 51.2 Å². The van der Waals surface area contributed by atoms with Crippen LogP contribution in [0.4, 0.5) is 51.2 Å². The number of para-hydroxylation sites is 9. The molecular weight excluding hydrogens is 1450 g/mol. The van der Waals surface area contributed by atoms with E-state index in [0.29, 0.717) is 6.17 Å². The molecule has 0 saturated carbocycles. The van der Waals surface area contributed by atoms with E-state index in [2.05, 4.69) is 243 Å². The van der Waals surface area contributed by atoms with E-state index in [1.165, 1.54) is 44.0 Å². The first kappa shape index (κ1) is 67.2. The molecule has 5 aliphatic rings. The lowest BCUT2D eigenvalue weighted by Crippen LogP contribution is -2.39. The minimum atomic E-state index is -2.03. The average molecular weight is 1560 g/mol. The molecule has 17 aromatic rings. The Morgan fingerprint density at radius 1 is 0.316 bits per heavy atom. The molecule has 0 bridgehead atoms. The molecule has 1 unspecified atom stereocenters. The highest BCUT2D eigenvalue weighted by atomic mass is 16.3. The summed E-state index contributed by atoms with van der Waals surface area (Å²) in [6.07, 6.45) is 11.9. The van der Waals surface area contributed by atoms with Crippen LogP contribution in [-0.2, 0) is 0 Å². The number of furan rings is 5. The second-order valence-electron chi connectivity index (χ2n) is 31.1. The molecule has 590 valence electrons. The Bertz CT molecular complexity index is 7090. The molecule has 5 aliphatic heterocycles. The Morgan fingerprint density at radius 3 is 1.00 bits per heavy atom. The summed E-state index contributed by atoms with van der Waals surface area (Å²) < 4.78 is 87.1. The van der Waals surface area contributed by atoms with Crippen molar-refractivity contribution in [1.82, 2.24) is 14.7 Å². The van der Waals surface area contributed by atoms with Crippen molar-refractivity contribution in [3.63, 3.8) is 0 Å². The van der Waals surface area contributed by atoms with E-state index >= 15 is 0 Å². The summed E-state index contributed by atoms with van der Waals surface area (Å²) in [6, 6.07) is 78.0. The van der Waals surface area contributed by atoms with Crippen molar-refractivity contribution in [1.29, 1.82) is 0 Å². The molecule has 0 amide bonds. The van der Waals surface area contributed by atoms with E-state index in [1.54, 1.807) is 25.7 Å². The molecule has 0 radical (unpaired) electrons. The number of hydrogen-bond donors (Lipinski definition) is 0. The molecule has 12 aromatic carbocycles. The number of nitrogens with zero attached hydrogens (tertiary/aromatic N) is 10. The fourth-order valence-corrected chi connectivity index (χ4v) is 18.0. The van der Waals surface area contributed by atoms with Crippen LogP contribution < -0.4 is 34.3 Å². The molecule has 22 rings (SSSR count). The van der Waals surface area contributed by atoms with Crippen molar-refractivity contribution in [2.75, 3.05) is 61.4 Å². The number of aryl methyl sites for hydroxylation is 5. The lowest BCUT2D eigenvalue weighted by Gasteiger charge is -2.33. The maximum atomic E-state index is 8.39. The molecule has 117 heavy (non-hydrogen) atoms. The van der Waals surface area contributed by atoms with E-state index in [4.69, 9.17) is 31.7 Å². The Morgan fingerprint density at radius 2 is 0.632 bits per heavy atom. The summed E-state index contributed by atoms with van der Waals surface area (Å²) in [4.78, 5) is 21.0. The van der Waals surface area contributed by atoms with Crippen molar-refractivity contribution in [3.05, 3.63) is 296 Å². The Hall–Kier alpha value is -13.1. The number of anilines is 9. The summed E-state index contributed by atoms with van der Waals surface area (Å²) in [5.41, 5.74) is 24.4. The molecule has 0 aliphatic carbocycles. The average Bonchev–Trinajstić information content (AvgIpc) is 1.55. The number of benzene rings is 12. The van der Waals surface area contributed by atoms with Gasteiger partial charge in [0.25, 0.3) is 0 Å². The van der Waals surface area contributed by atoms with Gasteiger partial charge in [-0.1, -0.05) is 176 Å². The standard InChI is InChI=1S/C23H22N2O.C22H20N2O.C20H22N2O.C19H20N2O.C18H18N2O/c1-4-24-16(3)25(20-11-7-6-10-19(20)24)22-15(2)13-14-18-17-9-5-8-12-21(17)26-23(18)22;1-14-12-13-17-16-8-4-7-11-20(16)25-22(17)21(14)24-15(2)23(3)18-9-5-6-10-19(18)24;1-13(2)21-11-12-22(15(21)4)19-14(3)9-10-17-16-7-5-6-8-18(16)23-20(17)19;1-4-20-11-12-21(14(20)3)18-13(2)9-10-16-15-7-5-6-8-17(15)22-19(16)18;1-12-8-9-15-14-6-4-5-7-16(14)21-18(15)17(12)20-11-10-19(3)13(20)2/h5-14,16H,4H2,1-3H3;4-13,15H,1-3H3;5-13,15H,1-4H3;5-12,14H,4H2,1-3H3;4-11,13H,1-3H3/t16-;2*15-;14-;13-/m11111/s1/i4D2;;1D3;4D2;/tm;;13?,15-;m;. The van der Waals surface area contributed by atoms with E-state index in [1.807, 2.05) is 152 Å². The van der Waals surface area contributed by atoms with E-state index in [9.17, 15) is 0 Å². The second-order valence-corrected chi connectivity index (χ2v) is 31.1. The van der Waals surface area contributed by atoms with Gasteiger partial charge in [-0.25, -0.2) is 0 Å². The molecule has 0 fully saturated rings. The van der Waals surface area contributed by atoms with E-state index in [0.717, 1.165) is 145 Å². The third-order valence-electron chi connectivity index (χ3n) is 24.3. The van der Waals surface area contributed by atoms with Crippen LogP contribution in [0.5, 0.6) is 0 Å². The smallest absolute Gasteiger partial charge is 0.159 e. The minimum absolute atomic E-state index is 0.108. The van der Waals surface area contributed by atoms with Crippen molar-refractivity contribution >= 4 is 161 Å². The molecule has 0 saturated heterocycles. The van der Waals surface area contributed by atoms with Gasteiger partial charge in [-0.05, 0) is 179 Å². The van der Waals surface area contributed by atoms with Crippen LogP contribution in [0.2, 0.25) is 0 Å². The third-order valence-corrected chi connectivity index (χ3v) is 24.3. The van der Waals surface area contributed by atoms with E-state index < -0.39 is 25.9 Å². The van der Waals surface area contributed by atoms with Gasteiger partial charge in [-0.3, -0.25) is 0 Å². The van der Waals surface area contributed by atoms with Gasteiger partial charge in [0.2, 0.25) is 0 Å². The van der Waals surface area contributed by atoms with Gasteiger partial charge in [0.15, 0.2) is 27.9 Å². The fourth-order valence-electron chi connectivity index (χ4n) is 18.0. The van der Waals surface area contributed by atoms with E-state index in [-0.39, 0.29) is 24.7 Å². The number of fused-ring (bicyclic) bond motifs is 17. The summed E-state index contributed by atoms with van der Waals surface area (Å²) in [5.74, 6) is 0. The molecule has 15 heteroatoms. The van der Waals surface area contributed by atoms with Crippen molar-refractivity contribution < 1.29 is 31.7 Å².